The molecule has 5 heteroatoms. The topological polar surface area (TPSA) is 50.8 Å². The van der Waals surface area contributed by atoms with Crippen molar-refractivity contribution >= 4 is 11.8 Å². The molecular weight excluding hydrogens is 316 g/mol. The normalized spacial score (nSPS) is 33.6. The summed E-state index contributed by atoms with van der Waals surface area (Å²) in [4.78, 5) is 13.4. The van der Waals surface area contributed by atoms with E-state index in [4.69, 9.17) is 9.47 Å². The minimum absolute atomic E-state index is 0.243. The maximum Gasteiger partial charge on any atom is 0.414 e. The van der Waals surface area contributed by atoms with Gasteiger partial charge < -0.3 is 14.8 Å². The number of amides is 1. The molecule has 2 saturated heterocycles. The largest absolute Gasteiger partial charge is 0.447 e. The van der Waals surface area contributed by atoms with Crippen molar-refractivity contribution in [2.45, 2.75) is 50.8 Å². The molecular formula is C20H26N2O3. The van der Waals surface area contributed by atoms with Gasteiger partial charge in [-0.05, 0) is 43.9 Å². The average molecular weight is 342 g/mol. The standard InChI is InChI=1S/C20H26N2O3/c1-13(14-3-5-15(6-4-14)22-10-12-25-19(22)23)21-17-16-7-11-24-18(16)20(17)8-2-9-20/h3-6,13,16-18,21H,2,7-12H2,1H3/t13-,16+,17+,18+/m0/s1. The van der Waals surface area contributed by atoms with E-state index >= 15 is 0 Å². The molecule has 0 aromatic heterocycles. The van der Waals surface area contributed by atoms with Crippen LogP contribution in [0.3, 0.4) is 0 Å². The van der Waals surface area contributed by atoms with E-state index in [0.717, 1.165) is 12.3 Å². The summed E-state index contributed by atoms with van der Waals surface area (Å²) in [6.45, 7) is 4.30. The highest BCUT2D eigenvalue weighted by molar-refractivity contribution is 5.89. The van der Waals surface area contributed by atoms with Crippen LogP contribution < -0.4 is 10.2 Å². The Morgan fingerprint density at radius 3 is 2.68 bits per heavy atom. The molecule has 2 aliphatic heterocycles. The minimum Gasteiger partial charge on any atom is -0.447 e. The molecule has 4 aliphatic rings. The fraction of sp³-hybridized carbons (Fsp3) is 0.650. The van der Waals surface area contributed by atoms with Crippen molar-refractivity contribution in [2.75, 3.05) is 24.7 Å². The van der Waals surface area contributed by atoms with E-state index in [1.807, 2.05) is 12.1 Å². The summed E-state index contributed by atoms with van der Waals surface area (Å²) in [7, 11) is 0. The Morgan fingerprint density at radius 1 is 1.24 bits per heavy atom. The van der Waals surface area contributed by atoms with Gasteiger partial charge in [0.1, 0.15) is 6.61 Å². The fourth-order valence-corrected chi connectivity index (χ4v) is 5.43. The van der Waals surface area contributed by atoms with E-state index in [0.29, 0.717) is 42.7 Å². The molecule has 0 radical (unpaired) electrons. The van der Waals surface area contributed by atoms with Crippen LogP contribution in [0, 0.1) is 11.3 Å². The minimum atomic E-state index is -0.243. The van der Waals surface area contributed by atoms with Gasteiger partial charge in [0, 0.05) is 35.7 Å². The average Bonchev–Trinajstić information content (AvgIpc) is 3.19. The Bertz CT molecular complexity index is 670. The Morgan fingerprint density at radius 2 is 2.04 bits per heavy atom. The second-order valence-corrected chi connectivity index (χ2v) is 8.05. The molecule has 1 spiro atoms. The van der Waals surface area contributed by atoms with Gasteiger partial charge in [-0.25, -0.2) is 4.79 Å². The summed E-state index contributed by atoms with van der Waals surface area (Å²) in [6, 6.07) is 9.23. The molecule has 2 aliphatic carbocycles. The maximum absolute atomic E-state index is 11.7. The van der Waals surface area contributed by atoms with Crippen LogP contribution in [0.2, 0.25) is 0 Å². The van der Waals surface area contributed by atoms with Crippen molar-refractivity contribution in [3.05, 3.63) is 29.8 Å². The number of anilines is 1. The van der Waals surface area contributed by atoms with E-state index in [9.17, 15) is 4.79 Å². The number of nitrogens with zero attached hydrogens (tertiary/aromatic N) is 1. The van der Waals surface area contributed by atoms with E-state index in [2.05, 4.69) is 24.4 Å². The molecule has 0 bridgehead atoms. The summed E-state index contributed by atoms with van der Waals surface area (Å²) < 4.78 is 11.0. The van der Waals surface area contributed by atoms with Crippen LogP contribution in [-0.4, -0.2) is 38.0 Å². The molecule has 25 heavy (non-hydrogen) atoms. The number of cyclic esters (lactones) is 1. The first-order valence-corrected chi connectivity index (χ1v) is 9.61. The van der Waals surface area contributed by atoms with Crippen molar-refractivity contribution in [2.24, 2.45) is 11.3 Å². The van der Waals surface area contributed by atoms with Gasteiger partial charge in [-0.1, -0.05) is 18.6 Å². The smallest absolute Gasteiger partial charge is 0.414 e. The van der Waals surface area contributed by atoms with Crippen LogP contribution in [0.4, 0.5) is 10.5 Å². The zero-order chi connectivity index (χ0) is 17.0. The number of carbonyl (C=O) groups excluding carboxylic acids is 1. The van der Waals surface area contributed by atoms with Crippen LogP contribution in [-0.2, 0) is 9.47 Å². The first kappa shape index (κ1) is 15.6. The van der Waals surface area contributed by atoms with E-state index in [-0.39, 0.29) is 6.09 Å². The van der Waals surface area contributed by atoms with Gasteiger partial charge in [-0.15, -0.1) is 0 Å². The summed E-state index contributed by atoms with van der Waals surface area (Å²) >= 11 is 0. The zero-order valence-electron chi connectivity index (χ0n) is 14.7. The number of fused-ring (bicyclic) bond motifs is 2. The predicted octanol–water partition coefficient (Wildman–Crippen LogP) is 3.25. The third-order valence-corrected chi connectivity index (χ3v) is 6.93. The third kappa shape index (κ3) is 2.25. The Balaban J connectivity index is 1.28. The summed E-state index contributed by atoms with van der Waals surface area (Å²) in [5, 5.41) is 3.91. The molecule has 1 amide bonds. The number of hydrogen-bond acceptors (Lipinski definition) is 4. The van der Waals surface area contributed by atoms with Crippen LogP contribution in [0.1, 0.15) is 44.2 Å². The first-order valence-electron chi connectivity index (χ1n) is 9.61. The number of carbonyl (C=O) groups is 1. The quantitative estimate of drug-likeness (QED) is 0.912. The first-order chi connectivity index (χ1) is 12.2. The monoisotopic (exact) mass is 342 g/mol. The highest BCUT2D eigenvalue weighted by Gasteiger charge is 2.66. The lowest BCUT2D eigenvalue weighted by Crippen LogP contribution is -2.71. The van der Waals surface area contributed by atoms with E-state index in [1.165, 1.54) is 31.2 Å². The number of rotatable bonds is 4. The molecule has 2 heterocycles. The highest BCUT2D eigenvalue weighted by atomic mass is 16.6. The zero-order valence-corrected chi connectivity index (χ0v) is 14.7. The second kappa shape index (κ2) is 5.71. The highest BCUT2D eigenvalue weighted by Crippen LogP contribution is 2.63. The molecule has 5 nitrogen and oxygen atoms in total. The van der Waals surface area contributed by atoms with Gasteiger partial charge in [0.25, 0.3) is 0 Å². The summed E-state index contributed by atoms with van der Waals surface area (Å²) in [6.07, 6.45) is 5.44. The fourth-order valence-electron chi connectivity index (χ4n) is 5.43. The third-order valence-electron chi connectivity index (χ3n) is 6.93. The van der Waals surface area contributed by atoms with E-state index in [1.54, 1.807) is 4.90 Å². The summed E-state index contributed by atoms with van der Waals surface area (Å²) in [5.74, 6) is 0.696. The molecule has 2 saturated carbocycles. The summed E-state index contributed by atoms with van der Waals surface area (Å²) in [5.41, 5.74) is 2.60. The Hall–Kier alpha value is -1.59. The van der Waals surface area contributed by atoms with Crippen molar-refractivity contribution < 1.29 is 14.3 Å². The van der Waals surface area contributed by atoms with Gasteiger partial charge >= 0.3 is 6.09 Å². The molecule has 134 valence electrons. The van der Waals surface area contributed by atoms with Gasteiger partial charge in [0.2, 0.25) is 0 Å². The van der Waals surface area contributed by atoms with Gasteiger partial charge in [0.15, 0.2) is 0 Å². The molecule has 1 N–H and O–H groups in total. The maximum atomic E-state index is 11.7. The van der Waals surface area contributed by atoms with Crippen LogP contribution >= 0.6 is 0 Å². The van der Waals surface area contributed by atoms with Crippen molar-refractivity contribution in [3.63, 3.8) is 0 Å². The SMILES string of the molecule is C[C@H](N[C@@H]1[C@H]2CCO[C@H]2C12CCC2)c1ccc(N2CCOC2=O)cc1. The molecule has 1 aromatic rings. The lowest BCUT2D eigenvalue weighted by Gasteiger charge is -2.64. The van der Waals surface area contributed by atoms with Crippen molar-refractivity contribution in [1.82, 2.24) is 5.32 Å². The van der Waals surface area contributed by atoms with Crippen LogP contribution in [0.25, 0.3) is 0 Å². The second-order valence-electron chi connectivity index (χ2n) is 8.05. The Labute approximate surface area is 148 Å². The van der Waals surface area contributed by atoms with Gasteiger partial charge in [-0.3, -0.25) is 4.90 Å². The number of hydrogen-bond donors (Lipinski definition) is 1. The van der Waals surface area contributed by atoms with Crippen molar-refractivity contribution in [1.29, 1.82) is 0 Å². The lowest BCUT2D eigenvalue weighted by atomic mass is 9.46. The molecule has 4 fully saturated rings. The predicted molar refractivity (Wildman–Crippen MR) is 94.6 cm³/mol. The number of nitrogens with one attached hydrogen (secondary N) is 1. The van der Waals surface area contributed by atoms with E-state index < -0.39 is 0 Å². The van der Waals surface area contributed by atoms with Gasteiger partial charge in [-0.2, -0.15) is 0 Å². The number of benzene rings is 1. The Kier molecular flexibility index (Phi) is 3.57. The lowest BCUT2D eigenvalue weighted by molar-refractivity contribution is -0.178. The number of ether oxygens (including phenoxy) is 2. The molecule has 1 aromatic carbocycles. The van der Waals surface area contributed by atoms with Crippen LogP contribution in [0.15, 0.2) is 24.3 Å². The van der Waals surface area contributed by atoms with Gasteiger partial charge in [0.05, 0.1) is 12.6 Å². The molecule has 5 rings (SSSR count). The molecule has 4 atom stereocenters. The van der Waals surface area contributed by atoms with Crippen molar-refractivity contribution in [3.8, 4) is 0 Å². The molecule has 0 unspecified atom stereocenters. The van der Waals surface area contributed by atoms with Crippen LogP contribution in [0.5, 0.6) is 0 Å².